The van der Waals surface area contributed by atoms with Gasteiger partial charge in [0.1, 0.15) is 0 Å². The van der Waals surface area contributed by atoms with Crippen LogP contribution in [0.2, 0.25) is 0 Å². The highest BCUT2D eigenvalue weighted by Gasteiger charge is 2.31. The van der Waals surface area contributed by atoms with Crippen LogP contribution in [-0.2, 0) is 11.3 Å². The van der Waals surface area contributed by atoms with Crippen LogP contribution in [0, 0.1) is 0 Å². The summed E-state index contributed by atoms with van der Waals surface area (Å²) >= 11 is 0. The Hall–Kier alpha value is -1.75. The molecule has 1 aromatic rings. The number of piperidine rings is 1. The van der Waals surface area contributed by atoms with Crippen molar-refractivity contribution in [3.05, 3.63) is 29.8 Å². The molecule has 2 heterocycles. The van der Waals surface area contributed by atoms with Gasteiger partial charge in [0.2, 0.25) is 0 Å². The maximum Gasteiger partial charge on any atom is 0.315 e. The molecule has 23 heavy (non-hydrogen) atoms. The third kappa shape index (κ3) is 4.38. The second kappa shape index (κ2) is 7.21. The number of hydrogen-bond acceptors (Lipinski definition) is 3. The lowest BCUT2D eigenvalue weighted by Gasteiger charge is -2.29. The Labute approximate surface area is 138 Å². The molecule has 2 aliphatic rings. The summed E-state index contributed by atoms with van der Waals surface area (Å²) in [6.07, 6.45) is 4.78. The molecule has 0 spiro atoms. The summed E-state index contributed by atoms with van der Waals surface area (Å²) in [7, 11) is 0. The maximum atomic E-state index is 12.0. The number of anilines is 1. The van der Waals surface area contributed by atoms with Gasteiger partial charge in [-0.15, -0.1) is 0 Å². The molecule has 126 valence electrons. The number of benzene rings is 1. The molecule has 1 aromatic carbocycles. The van der Waals surface area contributed by atoms with Gasteiger partial charge >= 0.3 is 6.03 Å². The first kappa shape index (κ1) is 16.1. The minimum atomic E-state index is -0.234. The quantitative estimate of drug-likeness (QED) is 0.897. The Morgan fingerprint density at radius 2 is 1.96 bits per heavy atom. The molecule has 2 N–H and O–H groups in total. The second-order valence-electron chi connectivity index (χ2n) is 6.89. The summed E-state index contributed by atoms with van der Waals surface area (Å²) in [5, 5.41) is 5.94. The predicted molar refractivity (Wildman–Crippen MR) is 91.7 cm³/mol. The van der Waals surface area contributed by atoms with Crippen LogP contribution in [0.4, 0.5) is 10.5 Å². The van der Waals surface area contributed by atoms with Crippen molar-refractivity contribution in [2.45, 2.75) is 44.7 Å². The molecule has 0 aliphatic carbocycles. The first-order chi connectivity index (χ1) is 11.1. The van der Waals surface area contributed by atoms with Gasteiger partial charge in [0, 0.05) is 31.9 Å². The van der Waals surface area contributed by atoms with Gasteiger partial charge in [0.05, 0.1) is 12.1 Å². The Balaban J connectivity index is 1.47. The number of urea groups is 1. The molecule has 2 saturated heterocycles. The van der Waals surface area contributed by atoms with Gasteiger partial charge in [-0.05, 0) is 50.3 Å². The molecule has 0 aromatic heterocycles. The minimum absolute atomic E-state index is 0.127. The number of carbonyl (C=O) groups excluding carboxylic acids is 1. The van der Waals surface area contributed by atoms with E-state index in [1.165, 1.54) is 24.9 Å². The van der Waals surface area contributed by atoms with Crippen molar-refractivity contribution >= 4 is 11.7 Å². The molecule has 2 aliphatic heterocycles. The van der Waals surface area contributed by atoms with Crippen LogP contribution in [0.1, 0.15) is 38.2 Å². The summed E-state index contributed by atoms with van der Waals surface area (Å²) in [4.78, 5) is 14.4. The summed E-state index contributed by atoms with van der Waals surface area (Å²) in [5.74, 6) is 0. The summed E-state index contributed by atoms with van der Waals surface area (Å²) in [6.45, 7) is 6.18. The predicted octanol–water partition coefficient (Wildman–Crippen LogP) is 2.66. The zero-order valence-corrected chi connectivity index (χ0v) is 13.9. The van der Waals surface area contributed by atoms with Gasteiger partial charge in [-0.25, -0.2) is 4.79 Å². The van der Waals surface area contributed by atoms with Crippen molar-refractivity contribution < 1.29 is 9.53 Å². The van der Waals surface area contributed by atoms with Gasteiger partial charge < -0.3 is 20.3 Å². The van der Waals surface area contributed by atoms with E-state index in [1.54, 1.807) is 0 Å². The van der Waals surface area contributed by atoms with Crippen LogP contribution in [0.15, 0.2) is 24.3 Å². The first-order valence-corrected chi connectivity index (χ1v) is 8.62. The largest absolute Gasteiger partial charge is 0.379 e. The van der Waals surface area contributed by atoms with E-state index >= 15 is 0 Å². The monoisotopic (exact) mass is 317 g/mol. The van der Waals surface area contributed by atoms with E-state index in [1.807, 2.05) is 6.92 Å². The summed E-state index contributed by atoms with van der Waals surface area (Å²) in [6, 6.07) is 8.40. The van der Waals surface area contributed by atoms with Crippen molar-refractivity contribution in [2.24, 2.45) is 0 Å². The van der Waals surface area contributed by atoms with Crippen LogP contribution in [0.3, 0.4) is 0 Å². The van der Waals surface area contributed by atoms with Crippen molar-refractivity contribution in [2.75, 3.05) is 31.2 Å². The smallest absolute Gasteiger partial charge is 0.315 e. The van der Waals surface area contributed by atoms with Crippen molar-refractivity contribution in [3.63, 3.8) is 0 Å². The van der Waals surface area contributed by atoms with Crippen molar-refractivity contribution in [1.82, 2.24) is 10.6 Å². The number of amides is 2. The molecule has 5 nitrogen and oxygen atoms in total. The van der Waals surface area contributed by atoms with E-state index in [-0.39, 0.29) is 11.6 Å². The highest BCUT2D eigenvalue weighted by molar-refractivity contribution is 5.74. The standard InChI is InChI=1S/C18H27N3O2/c1-18(9-12-23-14-18)20-17(22)19-13-15-5-7-16(8-6-15)21-10-3-2-4-11-21/h5-8H,2-4,9-14H2,1H3,(H2,19,20,22)/t18-/m0/s1. The minimum Gasteiger partial charge on any atom is -0.379 e. The Morgan fingerprint density at radius 1 is 1.22 bits per heavy atom. The summed E-state index contributed by atoms with van der Waals surface area (Å²) < 4.78 is 5.35. The number of rotatable bonds is 4. The fourth-order valence-electron chi connectivity index (χ4n) is 3.24. The number of nitrogens with zero attached hydrogens (tertiary/aromatic N) is 1. The molecular formula is C18H27N3O2. The van der Waals surface area contributed by atoms with Crippen LogP contribution >= 0.6 is 0 Å². The lowest BCUT2D eigenvalue weighted by atomic mass is 10.0. The maximum absolute atomic E-state index is 12.0. The van der Waals surface area contributed by atoms with Crippen LogP contribution in [0.25, 0.3) is 0 Å². The van der Waals surface area contributed by atoms with Crippen LogP contribution in [-0.4, -0.2) is 37.9 Å². The number of ether oxygens (including phenoxy) is 1. The van der Waals surface area contributed by atoms with Gasteiger partial charge in [-0.2, -0.15) is 0 Å². The third-order valence-corrected chi connectivity index (χ3v) is 4.74. The number of carbonyl (C=O) groups is 1. The molecule has 3 rings (SSSR count). The second-order valence-corrected chi connectivity index (χ2v) is 6.89. The zero-order valence-electron chi connectivity index (χ0n) is 13.9. The number of hydrogen-bond donors (Lipinski definition) is 2. The number of nitrogens with one attached hydrogen (secondary N) is 2. The van der Waals surface area contributed by atoms with E-state index in [0.29, 0.717) is 13.2 Å². The Bertz CT molecular complexity index is 518. The topological polar surface area (TPSA) is 53.6 Å². The molecule has 2 fully saturated rings. The molecule has 0 radical (unpaired) electrons. The third-order valence-electron chi connectivity index (χ3n) is 4.74. The lowest BCUT2D eigenvalue weighted by molar-refractivity contribution is 0.170. The average Bonchev–Trinajstić information content (AvgIpc) is 3.00. The normalized spacial score (nSPS) is 24.5. The SMILES string of the molecule is C[C@]1(NC(=O)NCc2ccc(N3CCCCC3)cc2)CCOC1. The van der Waals surface area contributed by atoms with E-state index in [2.05, 4.69) is 39.8 Å². The fourth-order valence-corrected chi connectivity index (χ4v) is 3.24. The Kier molecular flexibility index (Phi) is 5.06. The highest BCUT2D eigenvalue weighted by atomic mass is 16.5. The molecule has 0 saturated carbocycles. The molecule has 1 atom stereocenters. The zero-order chi connectivity index (χ0) is 16.1. The lowest BCUT2D eigenvalue weighted by Crippen LogP contribution is -2.50. The van der Waals surface area contributed by atoms with Gasteiger partial charge in [0.25, 0.3) is 0 Å². The van der Waals surface area contributed by atoms with Crippen LogP contribution < -0.4 is 15.5 Å². The molecular weight excluding hydrogens is 290 g/mol. The molecule has 0 bridgehead atoms. The van der Waals surface area contributed by atoms with E-state index in [0.717, 1.165) is 31.7 Å². The summed E-state index contributed by atoms with van der Waals surface area (Å²) in [5.41, 5.74) is 2.17. The molecule has 5 heteroatoms. The van der Waals surface area contributed by atoms with E-state index in [9.17, 15) is 4.79 Å². The molecule has 0 unspecified atom stereocenters. The average molecular weight is 317 g/mol. The highest BCUT2D eigenvalue weighted by Crippen LogP contribution is 2.20. The van der Waals surface area contributed by atoms with Gasteiger partial charge in [0.15, 0.2) is 0 Å². The fraction of sp³-hybridized carbons (Fsp3) is 0.611. The van der Waals surface area contributed by atoms with Gasteiger partial charge in [-0.3, -0.25) is 0 Å². The Morgan fingerprint density at radius 3 is 2.61 bits per heavy atom. The van der Waals surface area contributed by atoms with Crippen molar-refractivity contribution in [1.29, 1.82) is 0 Å². The first-order valence-electron chi connectivity index (χ1n) is 8.62. The van der Waals surface area contributed by atoms with Crippen molar-refractivity contribution in [3.8, 4) is 0 Å². The molecule has 2 amide bonds. The van der Waals surface area contributed by atoms with Crippen LogP contribution in [0.5, 0.6) is 0 Å². The van der Waals surface area contributed by atoms with E-state index in [4.69, 9.17) is 4.74 Å². The van der Waals surface area contributed by atoms with Gasteiger partial charge in [-0.1, -0.05) is 12.1 Å². The van der Waals surface area contributed by atoms with E-state index < -0.39 is 0 Å².